The van der Waals surface area contributed by atoms with Crippen molar-refractivity contribution >= 4 is 35.4 Å². The monoisotopic (exact) mass is 503 g/mol. The number of carbonyl (C=O) groups is 3. The number of fused-ring (bicyclic) bond motifs is 3. The van der Waals surface area contributed by atoms with Gasteiger partial charge in [0.15, 0.2) is 11.4 Å². The van der Waals surface area contributed by atoms with Crippen LogP contribution in [0.1, 0.15) is 41.5 Å². The Hall–Kier alpha value is -4.21. The summed E-state index contributed by atoms with van der Waals surface area (Å²) in [5.41, 5.74) is 2.66. The number of ketones is 2. The molecule has 0 aliphatic heterocycles. The molecular weight excluding hydrogens is 478 g/mol. The molecule has 37 heavy (non-hydrogen) atoms. The third-order valence-corrected chi connectivity index (χ3v) is 7.79. The number of rotatable bonds is 3. The van der Waals surface area contributed by atoms with Crippen molar-refractivity contribution in [2.45, 2.75) is 31.0 Å². The number of amides is 1. The normalized spacial score (nSPS) is 29.3. The Bertz CT molecular complexity index is 1450. The van der Waals surface area contributed by atoms with E-state index in [1.54, 1.807) is 31.2 Å². The van der Waals surface area contributed by atoms with E-state index in [4.69, 9.17) is 5.73 Å². The average molecular weight is 504 g/mol. The number of primary amides is 1. The zero-order chi connectivity index (χ0) is 26.8. The van der Waals surface area contributed by atoms with Crippen LogP contribution in [0.25, 0.3) is 17.9 Å². The van der Waals surface area contributed by atoms with Crippen LogP contribution >= 0.6 is 0 Å². The van der Waals surface area contributed by atoms with Gasteiger partial charge in [-0.2, -0.15) is 0 Å². The summed E-state index contributed by atoms with van der Waals surface area (Å²) in [5, 5.41) is 55.7. The van der Waals surface area contributed by atoms with E-state index in [1.807, 2.05) is 30.3 Å². The van der Waals surface area contributed by atoms with E-state index in [0.29, 0.717) is 11.1 Å². The molecule has 0 aromatic heterocycles. The molecule has 0 bridgehead atoms. The van der Waals surface area contributed by atoms with Gasteiger partial charge in [0.05, 0.1) is 11.7 Å². The number of benzene rings is 2. The molecule has 1 fully saturated rings. The minimum Gasteiger partial charge on any atom is -0.508 e. The van der Waals surface area contributed by atoms with Gasteiger partial charge in [-0.3, -0.25) is 14.4 Å². The maximum Gasteiger partial charge on any atom is 0.255 e. The minimum atomic E-state index is -2.85. The predicted octanol–water partition coefficient (Wildman–Crippen LogP) is 2.13. The summed E-state index contributed by atoms with van der Waals surface area (Å²) < 4.78 is 0. The Kier molecular flexibility index (Phi) is 5.58. The first-order valence-corrected chi connectivity index (χ1v) is 11.7. The van der Waals surface area contributed by atoms with Crippen LogP contribution in [0, 0.1) is 11.8 Å². The molecular formula is C28H25NO8. The summed E-state index contributed by atoms with van der Waals surface area (Å²) in [6, 6.07) is 12.6. The third kappa shape index (κ3) is 3.35. The van der Waals surface area contributed by atoms with Crippen molar-refractivity contribution in [2.75, 3.05) is 0 Å². The molecule has 0 spiro atoms. The molecule has 0 saturated heterocycles. The van der Waals surface area contributed by atoms with Crippen LogP contribution < -0.4 is 5.73 Å². The molecule has 190 valence electrons. The number of Topliss-reactive ketones (excluding diaryl/α,β-unsaturated/α-hetero) is 2. The molecule has 7 N–H and O–H groups in total. The molecule has 2 aromatic carbocycles. The minimum absolute atomic E-state index is 0.0398. The SMILES string of the molecule is C[C@H]1c2ccc(/C=C/c3ccccc3)c(O)c2C(O)=C2C(=O)[C@]3(O)C(O)=C(C(N)=O)C(=O)C[C@@H]3[C@@H](O)[C@@H]21. The van der Waals surface area contributed by atoms with Gasteiger partial charge in [-0.25, -0.2) is 0 Å². The van der Waals surface area contributed by atoms with E-state index >= 15 is 0 Å². The first kappa shape index (κ1) is 24.5. The van der Waals surface area contributed by atoms with Gasteiger partial charge in [0, 0.05) is 29.4 Å². The van der Waals surface area contributed by atoms with Gasteiger partial charge in [0.25, 0.3) is 5.91 Å². The summed E-state index contributed by atoms with van der Waals surface area (Å²) in [6.45, 7) is 1.69. The summed E-state index contributed by atoms with van der Waals surface area (Å²) in [6.07, 6.45) is 1.24. The van der Waals surface area contributed by atoms with E-state index in [-0.39, 0.29) is 11.3 Å². The molecule has 9 nitrogen and oxygen atoms in total. The van der Waals surface area contributed by atoms with Gasteiger partial charge in [-0.05, 0) is 17.0 Å². The quantitative estimate of drug-likeness (QED) is 0.272. The van der Waals surface area contributed by atoms with Gasteiger partial charge in [0.1, 0.15) is 22.8 Å². The topological polar surface area (TPSA) is 178 Å². The van der Waals surface area contributed by atoms with E-state index in [9.17, 15) is 39.9 Å². The number of hydrogen-bond acceptors (Lipinski definition) is 8. The van der Waals surface area contributed by atoms with Crippen LogP contribution in [-0.4, -0.2) is 54.7 Å². The first-order valence-electron chi connectivity index (χ1n) is 11.7. The van der Waals surface area contributed by atoms with Crippen LogP contribution in [0.5, 0.6) is 5.75 Å². The summed E-state index contributed by atoms with van der Waals surface area (Å²) in [7, 11) is 0. The van der Waals surface area contributed by atoms with E-state index in [1.165, 1.54) is 0 Å². The summed E-state index contributed by atoms with van der Waals surface area (Å²) in [4.78, 5) is 38.0. The summed E-state index contributed by atoms with van der Waals surface area (Å²) >= 11 is 0. The molecule has 0 radical (unpaired) electrons. The smallest absolute Gasteiger partial charge is 0.255 e. The Morgan fingerprint density at radius 3 is 2.38 bits per heavy atom. The van der Waals surface area contributed by atoms with Gasteiger partial charge in [-0.1, -0.05) is 61.5 Å². The van der Waals surface area contributed by atoms with Crippen LogP contribution in [0.4, 0.5) is 0 Å². The van der Waals surface area contributed by atoms with Crippen molar-refractivity contribution in [1.82, 2.24) is 0 Å². The zero-order valence-corrected chi connectivity index (χ0v) is 19.8. The number of nitrogens with two attached hydrogens (primary N) is 1. The second kappa shape index (κ2) is 8.43. The van der Waals surface area contributed by atoms with Crippen molar-refractivity contribution in [3.8, 4) is 5.75 Å². The lowest BCUT2D eigenvalue weighted by Crippen LogP contribution is -2.63. The fraction of sp³-hybridized carbons (Fsp3) is 0.250. The molecule has 5 atom stereocenters. The van der Waals surface area contributed by atoms with Crippen LogP contribution in [0.15, 0.2) is 59.4 Å². The van der Waals surface area contributed by atoms with E-state index < -0.39 is 76.0 Å². The second-order valence-corrected chi connectivity index (χ2v) is 9.70. The highest BCUT2D eigenvalue weighted by molar-refractivity contribution is 6.23. The molecule has 1 amide bonds. The molecule has 1 saturated carbocycles. The number of aliphatic hydroxyl groups excluding tert-OH is 3. The van der Waals surface area contributed by atoms with E-state index in [0.717, 1.165) is 5.56 Å². The number of aromatic hydroxyl groups is 1. The largest absolute Gasteiger partial charge is 0.508 e. The summed E-state index contributed by atoms with van der Waals surface area (Å²) in [5.74, 6) is -8.76. The number of aliphatic hydroxyl groups is 4. The number of phenolic OH excluding ortho intramolecular Hbond substituents is 1. The Balaban J connectivity index is 1.68. The fourth-order valence-electron chi connectivity index (χ4n) is 5.90. The third-order valence-electron chi connectivity index (χ3n) is 7.79. The van der Waals surface area contributed by atoms with Gasteiger partial charge < -0.3 is 31.3 Å². The molecule has 2 aromatic rings. The lowest BCUT2D eigenvalue weighted by atomic mass is 9.55. The Labute approximate surface area is 211 Å². The lowest BCUT2D eigenvalue weighted by molar-refractivity contribution is -0.160. The van der Waals surface area contributed by atoms with Crippen molar-refractivity contribution in [3.05, 3.63) is 81.6 Å². The van der Waals surface area contributed by atoms with Crippen LogP contribution in [-0.2, 0) is 14.4 Å². The Morgan fingerprint density at radius 2 is 1.73 bits per heavy atom. The molecule has 5 rings (SSSR count). The van der Waals surface area contributed by atoms with Crippen LogP contribution in [0.3, 0.4) is 0 Å². The standard InChI is InChI=1S/C28H25NO8/c1-12-15-10-9-14(8-7-13-5-3-2-4-6-13)22(31)19(15)24(33)21-18(12)23(32)16-11-17(30)20(27(29)36)25(34)28(16,37)26(21)35/h2-10,12,16,18,23,31-34,37H,11H2,1H3,(H2,29,36)/b8-7+/t12-,16+,18+,23+,28+/m0/s1. The number of phenols is 1. The highest BCUT2D eigenvalue weighted by atomic mass is 16.4. The van der Waals surface area contributed by atoms with Gasteiger partial charge in [-0.15, -0.1) is 0 Å². The van der Waals surface area contributed by atoms with Gasteiger partial charge >= 0.3 is 0 Å². The van der Waals surface area contributed by atoms with Crippen molar-refractivity contribution in [1.29, 1.82) is 0 Å². The maximum atomic E-state index is 13.7. The van der Waals surface area contributed by atoms with Crippen molar-refractivity contribution in [2.24, 2.45) is 17.6 Å². The average Bonchev–Trinajstić information content (AvgIpc) is 2.86. The number of hydrogen-bond donors (Lipinski definition) is 6. The predicted molar refractivity (Wildman–Crippen MR) is 133 cm³/mol. The Morgan fingerprint density at radius 1 is 1.05 bits per heavy atom. The van der Waals surface area contributed by atoms with E-state index in [2.05, 4.69) is 0 Å². The highest BCUT2D eigenvalue weighted by Gasteiger charge is 2.64. The molecule has 3 aliphatic carbocycles. The molecule has 0 heterocycles. The lowest BCUT2D eigenvalue weighted by Gasteiger charge is -2.50. The zero-order valence-electron chi connectivity index (χ0n) is 19.8. The molecule has 0 unspecified atom stereocenters. The van der Waals surface area contributed by atoms with Crippen molar-refractivity contribution in [3.63, 3.8) is 0 Å². The maximum absolute atomic E-state index is 13.7. The van der Waals surface area contributed by atoms with Crippen LogP contribution in [0.2, 0.25) is 0 Å². The molecule has 3 aliphatic rings. The highest BCUT2D eigenvalue weighted by Crippen LogP contribution is 2.55. The first-order chi connectivity index (χ1) is 17.5. The fourth-order valence-corrected chi connectivity index (χ4v) is 5.90. The number of carbonyl (C=O) groups excluding carboxylic acids is 3. The molecule has 9 heteroatoms. The van der Waals surface area contributed by atoms with Crippen molar-refractivity contribution < 1.29 is 39.9 Å². The van der Waals surface area contributed by atoms with Gasteiger partial charge in [0.2, 0.25) is 5.78 Å². The second-order valence-electron chi connectivity index (χ2n) is 9.70.